The summed E-state index contributed by atoms with van der Waals surface area (Å²) >= 11 is 5.89. The number of hydrogen-bond acceptors (Lipinski definition) is 4. The third-order valence-electron chi connectivity index (χ3n) is 5.93. The molecular weight excluding hydrogens is 376 g/mol. The second kappa shape index (κ2) is 8.95. The molecule has 1 aromatic heterocycles. The number of benzene rings is 1. The van der Waals surface area contributed by atoms with E-state index in [1.54, 1.807) is 30.5 Å². The summed E-state index contributed by atoms with van der Waals surface area (Å²) in [4.78, 5) is 14.3. The fraction of sp³-hybridized carbons (Fsp3) is 0.571. The number of carbonyl (C=O) groups is 1. The van der Waals surface area contributed by atoms with E-state index in [0.29, 0.717) is 28.6 Å². The summed E-state index contributed by atoms with van der Waals surface area (Å²) in [7, 11) is 0. The summed E-state index contributed by atoms with van der Waals surface area (Å²) in [6.07, 6.45) is 14.3. The van der Waals surface area contributed by atoms with Gasteiger partial charge in [-0.25, -0.2) is 0 Å². The molecule has 0 radical (unpaired) electrons. The second-order valence-electron chi connectivity index (χ2n) is 7.91. The van der Waals surface area contributed by atoms with Crippen molar-refractivity contribution in [3.05, 3.63) is 41.0 Å². The molecule has 6 nitrogen and oxygen atoms in total. The van der Waals surface area contributed by atoms with E-state index >= 15 is 0 Å². The van der Waals surface area contributed by atoms with Crippen LogP contribution in [0.3, 0.4) is 0 Å². The molecule has 2 aliphatic carbocycles. The van der Waals surface area contributed by atoms with Gasteiger partial charge in [-0.2, -0.15) is 0 Å². The molecule has 0 spiro atoms. The number of rotatable bonds is 5. The molecule has 2 aliphatic rings. The molecule has 0 unspecified atom stereocenters. The Morgan fingerprint density at radius 1 is 1.00 bits per heavy atom. The van der Waals surface area contributed by atoms with E-state index in [1.165, 1.54) is 64.2 Å². The van der Waals surface area contributed by atoms with Gasteiger partial charge in [-0.05, 0) is 49.9 Å². The average molecular weight is 404 g/mol. The number of aromatic nitrogens is 2. The SMILES string of the molecule is O=C(Nc1c[n+](N(C2CCCCC2)C2CCCCC2)no1)c1ccc(Cl)cc1. The Hall–Kier alpha value is -2.08. The topological polar surface area (TPSA) is 62.3 Å². The second-order valence-corrected chi connectivity index (χ2v) is 8.35. The molecule has 1 N–H and O–H groups in total. The standard InChI is InChI=1S/C21H27ClN4O2/c22-17-13-11-16(12-14-17)21(27)23-20-15-25(24-28-20)26(18-7-3-1-4-8-18)19-9-5-2-6-10-19/h11-15,18-19H,1-10H2/p+1. The van der Waals surface area contributed by atoms with Crippen LogP contribution in [-0.2, 0) is 0 Å². The van der Waals surface area contributed by atoms with Gasteiger partial charge in [0.15, 0.2) is 0 Å². The van der Waals surface area contributed by atoms with E-state index in [-0.39, 0.29) is 5.91 Å². The van der Waals surface area contributed by atoms with Gasteiger partial charge < -0.3 is 0 Å². The first-order chi connectivity index (χ1) is 13.7. The Labute approximate surface area is 170 Å². The van der Waals surface area contributed by atoms with Crippen molar-refractivity contribution < 1.29 is 14.1 Å². The van der Waals surface area contributed by atoms with Gasteiger partial charge in [0.2, 0.25) is 5.27 Å². The number of hydrogen-bond donors (Lipinski definition) is 1. The van der Waals surface area contributed by atoms with Crippen molar-refractivity contribution in [3.8, 4) is 0 Å². The number of anilines is 1. The van der Waals surface area contributed by atoms with Crippen LogP contribution in [-0.4, -0.2) is 23.3 Å². The summed E-state index contributed by atoms with van der Waals surface area (Å²) in [6.45, 7) is 0. The molecule has 7 heteroatoms. The third-order valence-corrected chi connectivity index (χ3v) is 6.18. The van der Waals surface area contributed by atoms with Gasteiger partial charge in [0, 0.05) is 10.6 Å². The molecule has 150 valence electrons. The van der Waals surface area contributed by atoms with Gasteiger partial charge in [0.1, 0.15) is 0 Å². The van der Waals surface area contributed by atoms with Crippen molar-refractivity contribution >= 4 is 23.4 Å². The molecule has 0 saturated heterocycles. The average Bonchev–Trinajstić information content (AvgIpc) is 3.18. The first-order valence-electron chi connectivity index (χ1n) is 10.4. The van der Waals surface area contributed by atoms with Crippen LogP contribution in [0.4, 0.5) is 5.88 Å². The largest absolute Gasteiger partial charge is 0.306 e. The minimum Gasteiger partial charge on any atom is -0.285 e. The maximum atomic E-state index is 12.4. The van der Waals surface area contributed by atoms with Gasteiger partial charge in [0.25, 0.3) is 12.1 Å². The van der Waals surface area contributed by atoms with Crippen LogP contribution in [0.5, 0.6) is 0 Å². The number of amides is 1. The predicted molar refractivity (Wildman–Crippen MR) is 108 cm³/mol. The first kappa shape index (κ1) is 19.2. The minimum atomic E-state index is -0.234. The van der Waals surface area contributed by atoms with Crippen molar-refractivity contribution in [2.75, 3.05) is 10.3 Å². The molecule has 0 bridgehead atoms. The lowest BCUT2D eigenvalue weighted by atomic mass is 9.90. The minimum absolute atomic E-state index is 0.234. The van der Waals surface area contributed by atoms with Crippen LogP contribution >= 0.6 is 11.6 Å². The van der Waals surface area contributed by atoms with Gasteiger partial charge in [0.05, 0.1) is 16.9 Å². The summed E-state index contributed by atoms with van der Waals surface area (Å²) in [5.41, 5.74) is 0.531. The number of nitrogens with one attached hydrogen (secondary N) is 1. The summed E-state index contributed by atoms with van der Waals surface area (Å²) in [5, 5.41) is 10.1. The molecule has 2 aromatic rings. The van der Waals surface area contributed by atoms with E-state index in [2.05, 4.69) is 15.6 Å². The molecule has 1 heterocycles. The molecule has 2 fully saturated rings. The maximum Gasteiger partial charge on any atom is 0.306 e. The highest BCUT2D eigenvalue weighted by Crippen LogP contribution is 2.27. The maximum absolute atomic E-state index is 12.4. The fourth-order valence-corrected chi connectivity index (χ4v) is 4.64. The van der Waals surface area contributed by atoms with Crippen molar-refractivity contribution in [2.45, 2.75) is 76.3 Å². The Balaban J connectivity index is 1.50. The van der Waals surface area contributed by atoms with Crippen molar-refractivity contribution in [2.24, 2.45) is 0 Å². The van der Waals surface area contributed by atoms with Crippen LogP contribution in [0.2, 0.25) is 5.02 Å². The van der Waals surface area contributed by atoms with Gasteiger partial charge >= 0.3 is 5.88 Å². The molecule has 0 atom stereocenters. The molecule has 1 aromatic carbocycles. The Kier molecular flexibility index (Phi) is 6.15. The van der Waals surface area contributed by atoms with Crippen molar-refractivity contribution in [1.82, 2.24) is 5.27 Å². The molecule has 28 heavy (non-hydrogen) atoms. The van der Waals surface area contributed by atoms with Gasteiger partial charge in [-0.15, -0.1) is 5.01 Å². The van der Waals surface area contributed by atoms with Crippen LogP contribution < -0.4 is 15.1 Å². The van der Waals surface area contributed by atoms with E-state index < -0.39 is 0 Å². The van der Waals surface area contributed by atoms with Crippen molar-refractivity contribution in [1.29, 1.82) is 0 Å². The normalized spacial score (nSPS) is 18.8. The zero-order chi connectivity index (χ0) is 19.3. The highest BCUT2D eigenvalue weighted by molar-refractivity contribution is 6.30. The highest BCUT2D eigenvalue weighted by Gasteiger charge is 2.37. The van der Waals surface area contributed by atoms with Crippen LogP contribution in [0.25, 0.3) is 0 Å². The molecule has 0 aliphatic heterocycles. The fourth-order valence-electron chi connectivity index (χ4n) is 4.51. The lowest BCUT2D eigenvalue weighted by molar-refractivity contribution is -0.766. The summed E-state index contributed by atoms with van der Waals surface area (Å²) < 4.78 is 5.46. The highest BCUT2D eigenvalue weighted by atomic mass is 35.5. The lowest BCUT2D eigenvalue weighted by Gasteiger charge is -2.35. The zero-order valence-electron chi connectivity index (χ0n) is 16.1. The van der Waals surface area contributed by atoms with E-state index in [4.69, 9.17) is 16.1 Å². The Morgan fingerprint density at radius 2 is 1.57 bits per heavy atom. The van der Waals surface area contributed by atoms with Gasteiger partial charge in [-0.3, -0.25) is 14.6 Å². The third kappa shape index (κ3) is 4.49. The monoisotopic (exact) mass is 403 g/mol. The van der Waals surface area contributed by atoms with Crippen molar-refractivity contribution in [3.63, 3.8) is 0 Å². The zero-order valence-corrected chi connectivity index (χ0v) is 16.9. The van der Waals surface area contributed by atoms with E-state index in [9.17, 15) is 4.79 Å². The summed E-state index contributed by atoms with van der Waals surface area (Å²) in [5.74, 6) is 0.124. The predicted octanol–water partition coefficient (Wildman–Crippen LogP) is 4.47. The van der Waals surface area contributed by atoms with Crippen LogP contribution in [0.15, 0.2) is 35.0 Å². The molecule has 4 rings (SSSR count). The Morgan fingerprint density at radius 3 is 2.14 bits per heavy atom. The van der Waals surface area contributed by atoms with Crippen LogP contribution in [0.1, 0.15) is 74.6 Å². The van der Waals surface area contributed by atoms with Crippen LogP contribution in [0, 0.1) is 0 Å². The quantitative estimate of drug-likeness (QED) is 0.748. The van der Waals surface area contributed by atoms with E-state index in [0.717, 1.165) is 0 Å². The Bertz CT molecular complexity index is 762. The van der Waals surface area contributed by atoms with E-state index in [1.807, 2.05) is 4.79 Å². The number of nitrogens with zero attached hydrogens (tertiary/aromatic N) is 3. The molecular formula is C21H28ClN4O2+. The van der Waals surface area contributed by atoms with Gasteiger partial charge in [-0.1, -0.05) is 50.1 Å². The number of carbonyl (C=O) groups excluding carboxylic acids is 1. The first-order valence-corrected chi connectivity index (χ1v) is 10.8. The summed E-state index contributed by atoms with van der Waals surface area (Å²) in [6, 6.07) is 7.77. The molecule has 1 amide bonds. The number of halogens is 1. The molecule has 2 saturated carbocycles. The lowest BCUT2D eigenvalue weighted by Crippen LogP contribution is -2.68. The smallest absolute Gasteiger partial charge is 0.285 e.